The van der Waals surface area contributed by atoms with Gasteiger partial charge in [-0.1, -0.05) is 76.3 Å². The molecule has 0 saturated carbocycles. The first kappa shape index (κ1) is 19.2. The van der Waals surface area contributed by atoms with Crippen molar-refractivity contribution in [1.29, 1.82) is 0 Å². The zero-order valence-corrected chi connectivity index (χ0v) is 21.8. The van der Waals surface area contributed by atoms with Crippen molar-refractivity contribution in [3.63, 3.8) is 0 Å². The maximum atomic E-state index is 6.69. The first-order valence-electron chi connectivity index (χ1n) is 10.3. The summed E-state index contributed by atoms with van der Waals surface area (Å²) in [5.74, 6) is 0. The van der Waals surface area contributed by atoms with Crippen LogP contribution >= 0.6 is 12.1 Å². The first-order valence-corrected chi connectivity index (χ1v) is 16.0. The molecular weight excluding hydrogens is 402 g/mol. The molecule has 0 aromatic rings. The van der Waals surface area contributed by atoms with E-state index in [1.807, 2.05) is 0 Å². The van der Waals surface area contributed by atoms with Crippen LogP contribution in [-0.2, 0) is 23.6 Å². The summed E-state index contributed by atoms with van der Waals surface area (Å²) in [7, 11) is 0. The molecule has 5 aliphatic rings. The second-order valence-electron chi connectivity index (χ2n) is 10.6. The van der Waals surface area contributed by atoms with Crippen molar-refractivity contribution in [1.82, 2.24) is 0 Å². The Balaban J connectivity index is 1.94. The molecule has 6 atom stereocenters. The molecule has 0 saturated heterocycles. The summed E-state index contributed by atoms with van der Waals surface area (Å²) in [4.78, 5) is 0. The lowest BCUT2D eigenvalue weighted by molar-refractivity contribution is 0.328. The standard InChI is InChI=1S/C23H32P2S2/c1-11-13(3)24(26)15(5)22(11,9)19-17(24)18-20(21(19,7)8)23(10)12(2)14(4)25(18,27)16(23)6/h15-16H,1-10H3/t15?,16?,22-,23-,24?,25?/m0/s1. The van der Waals surface area contributed by atoms with Crippen LogP contribution in [0, 0.1) is 16.2 Å². The zero-order chi connectivity index (χ0) is 20.3. The van der Waals surface area contributed by atoms with Gasteiger partial charge in [0.2, 0.25) is 0 Å². The monoisotopic (exact) mass is 434 g/mol. The Morgan fingerprint density at radius 2 is 0.963 bits per heavy atom. The van der Waals surface area contributed by atoms with Crippen molar-refractivity contribution in [3.05, 3.63) is 43.5 Å². The average molecular weight is 435 g/mol. The molecule has 0 aromatic heterocycles. The molecule has 0 spiro atoms. The van der Waals surface area contributed by atoms with Crippen LogP contribution < -0.4 is 0 Å². The largest absolute Gasteiger partial charge is 0.0876 e. The molecule has 4 bridgehead atoms. The van der Waals surface area contributed by atoms with E-state index in [4.69, 9.17) is 23.6 Å². The number of fused-ring (bicyclic) bond motifs is 9. The normalized spacial score (nSPS) is 51.9. The van der Waals surface area contributed by atoms with E-state index in [1.165, 1.54) is 0 Å². The van der Waals surface area contributed by atoms with Crippen LogP contribution in [-0.4, -0.2) is 11.3 Å². The third-order valence-corrected chi connectivity index (χ3v) is 23.0. The van der Waals surface area contributed by atoms with Gasteiger partial charge in [-0.3, -0.25) is 0 Å². The van der Waals surface area contributed by atoms with E-state index in [2.05, 4.69) is 69.2 Å². The zero-order valence-electron chi connectivity index (χ0n) is 18.4. The molecule has 4 heteroatoms. The molecule has 4 heterocycles. The van der Waals surface area contributed by atoms with E-state index in [9.17, 15) is 0 Å². The van der Waals surface area contributed by atoms with Crippen molar-refractivity contribution < 1.29 is 0 Å². The molecule has 4 aliphatic heterocycles. The predicted octanol–water partition coefficient (Wildman–Crippen LogP) is 7.93. The minimum Gasteiger partial charge on any atom is -0.0876 e. The highest BCUT2D eigenvalue weighted by Crippen LogP contribution is 2.96. The van der Waals surface area contributed by atoms with Gasteiger partial charge in [0.1, 0.15) is 0 Å². The van der Waals surface area contributed by atoms with Crippen LogP contribution in [0.5, 0.6) is 0 Å². The Hall–Kier alpha value is 0.260. The lowest BCUT2D eigenvalue weighted by atomic mass is 9.58. The van der Waals surface area contributed by atoms with Gasteiger partial charge in [-0.2, -0.15) is 0 Å². The van der Waals surface area contributed by atoms with E-state index < -0.39 is 12.1 Å². The summed E-state index contributed by atoms with van der Waals surface area (Å²) in [5, 5.41) is 6.39. The topological polar surface area (TPSA) is 0 Å². The molecule has 146 valence electrons. The number of hydrogen-bond acceptors (Lipinski definition) is 2. The summed E-state index contributed by atoms with van der Waals surface area (Å²) in [5.41, 5.74) is 8.02. The van der Waals surface area contributed by atoms with Gasteiger partial charge in [0.05, 0.1) is 0 Å². The van der Waals surface area contributed by atoms with Crippen molar-refractivity contribution in [3.8, 4) is 0 Å². The van der Waals surface area contributed by atoms with Gasteiger partial charge >= 0.3 is 0 Å². The molecule has 1 aliphatic carbocycles. The Bertz CT molecular complexity index is 1020. The highest BCUT2D eigenvalue weighted by molar-refractivity contribution is 8.22. The third kappa shape index (κ3) is 1.42. The summed E-state index contributed by atoms with van der Waals surface area (Å²) in [6.07, 6.45) is 0. The summed E-state index contributed by atoms with van der Waals surface area (Å²) in [6, 6.07) is -3.47. The van der Waals surface area contributed by atoms with Crippen LogP contribution in [0.3, 0.4) is 0 Å². The van der Waals surface area contributed by atoms with E-state index in [1.54, 1.807) is 43.5 Å². The third-order valence-electron chi connectivity index (χ3n) is 10.1. The SMILES string of the molecule is CC1=C(C)P2(=S)C3=C(C(C)(C)C4=C3P3(=S)C(C)=C(C)[C@@]4(C)C3C)[C@]1(C)C2C. The van der Waals surface area contributed by atoms with Crippen molar-refractivity contribution in [2.45, 2.75) is 80.6 Å². The summed E-state index contributed by atoms with van der Waals surface area (Å²) >= 11 is 13.4. The van der Waals surface area contributed by atoms with Gasteiger partial charge < -0.3 is 0 Å². The van der Waals surface area contributed by atoms with E-state index >= 15 is 0 Å². The Kier molecular flexibility index (Phi) is 3.29. The van der Waals surface area contributed by atoms with E-state index in [0.717, 1.165) is 0 Å². The summed E-state index contributed by atoms with van der Waals surface area (Å²) < 4.78 is 0. The average Bonchev–Trinajstić information content (AvgIpc) is 3.13. The van der Waals surface area contributed by atoms with Gasteiger partial charge in [-0.25, -0.2) is 0 Å². The second-order valence-corrected chi connectivity index (χ2v) is 20.4. The van der Waals surface area contributed by atoms with Crippen LogP contribution in [0.1, 0.15) is 69.2 Å². The molecule has 27 heavy (non-hydrogen) atoms. The van der Waals surface area contributed by atoms with Crippen LogP contribution in [0.15, 0.2) is 43.5 Å². The van der Waals surface area contributed by atoms with Crippen LogP contribution in [0.25, 0.3) is 0 Å². The van der Waals surface area contributed by atoms with Crippen LogP contribution in [0.4, 0.5) is 0 Å². The highest BCUT2D eigenvalue weighted by atomic mass is 32.4. The fourth-order valence-electron chi connectivity index (χ4n) is 8.09. The molecule has 0 radical (unpaired) electrons. The lowest BCUT2D eigenvalue weighted by Crippen LogP contribution is -2.38. The van der Waals surface area contributed by atoms with Gasteiger partial charge in [-0.05, 0) is 60.1 Å². The maximum absolute atomic E-state index is 6.69. The molecule has 0 nitrogen and oxygen atoms in total. The second kappa shape index (κ2) is 4.61. The Labute approximate surface area is 175 Å². The number of allylic oxidation sites excluding steroid dienone is 8. The molecule has 0 amide bonds. The Morgan fingerprint density at radius 1 is 0.667 bits per heavy atom. The summed E-state index contributed by atoms with van der Waals surface area (Å²) in [6.45, 7) is 24.4. The van der Waals surface area contributed by atoms with Crippen LogP contribution in [0.2, 0.25) is 0 Å². The molecule has 0 N–H and O–H groups in total. The molecule has 4 unspecified atom stereocenters. The van der Waals surface area contributed by atoms with Crippen molar-refractivity contribution in [2.75, 3.05) is 0 Å². The Morgan fingerprint density at radius 3 is 1.26 bits per heavy atom. The smallest absolute Gasteiger partial charge is 0.0192 e. The number of rotatable bonds is 0. The number of hydrogen-bond donors (Lipinski definition) is 0. The highest BCUT2D eigenvalue weighted by Gasteiger charge is 2.73. The fourth-order valence-corrected chi connectivity index (χ4v) is 21.3. The van der Waals surface area contributed by atoms with Crippen molar-refractivity contribution in [2.24, 2.45) is 16.2 Å². The molecular formula is C23H32P2S2. The maximum Gasteiger partial charge on any atom is 0.0192 e. The predicted molar refractivity (Wildman–Crippen MR) is 128 cm³/mol. The van der Waals surface area contributed by atoms with E-state index in [0.29, 0.717) is 11.3 Å². The molecule has 5 rings (SSSR count). The van der Waals surface area contributed by atoms with Gasteiger partial charge in [0.15, 0.2) is 0 Å². The van der Waals surface area contributed by atoms with Gasteiger partial charge in [0.25, 0.3) is 0 Å². The van der Waals surface area contributed by atoms with Gasteiger partial charge in [0, 0.05) is 39.6 Å². The lowest BCUT2D eigenvalue weighted by Gasteiger charge is -2.45. The van der Waals surface area contributed by atoms with E-state index in [-0.39, 0.29) is 16.2 Å². The minimum absolute atomic E-state index is 0.0850. The molecule has 0 fully saturated rings. The molecule has 0 aromatic carbocycles. The van der Waals surface area contributed by atoms with Gasteiger partial charge in [-0.15, -0.1) is 0 Å². The fraction of sp³-hybridized carbons (Fsp3) is 0.652. The van der Waals surface area contributed by atoms with Crippen molar-refractivity contribution >= 4 is 35.7 Å². The quantitative estimate of drug-likeness (QED) is 0.355. The first-order chi connectivity index (χ1) is 12.2. The minimum atomic E-state index is -1.74.